The van der Waals surface area contributed by atoms with Crippen LogP contribution in [0.4, 0.5) is 0 Å². The second-order valence-electron chi connectivity index (χ2n) is 4.00. The van der Waals surface area contributed by atoms with Crippen LogP contribution in [0.15, 0.2) is 34.6 Å². The molecular weight excluding hydrogens is 188 g/mol. The Morgan fingerprint density at radius 2 is 2.14 bits per heavy atom. The number of hydrogen-bond donors (Lipinski definition) is 0. The first-order valence-electron chi connectivity index (χ1n) is 4.59. The van der Waals surface area contributed by atoms with E-state index in [0.29, 0.717) is 0 Å². The Hall–Kier alpha value is -1.13. The highest BCUT2D eigenvalue weighted by Crippen LogP contribution is 2.39. The average Bonchev–Trinajstić information content (AvgIpc) is 2.17. The van der Waals surface area contributed by atoms with Crippen molar-refractivity contribution < 1.29 is 0 Å². The van der Waals surface area contributed by atoms with Crippen molar-refractivity contribution in [1.82, 2.24) is 0 Å². The van der Waals surface area contributed by atoms with Crippen LogP contribution in [0.2, 0.25) is 0 Å². The molecule has 1 aromatic rings. The van der Waals surface area contributed by atoms with Gasteiger partial charge in [0, 0.05) is 15.9 Å². The smallest absolute Gasteiger partial charge is 0.0246 e. The molecule has 1 aliphatic rings. The minimum absolute atomic E-state index is 0.105. The van der Waals surface area contributed by atoms with Gasteiger partial charge in [0.15, 0.2) is 0 Å². The second-order valence-corrected chi connectivity index (χ2v) is 4.95. The van der Waals surface area contributed by atoms with Gasteiger partial charge in [-0.25, -0.2) is 0 Å². The summed E-state index contributed by atoms with van der Waals surface area (Å²) in [5, 5.41) is 2.15. The Labute approximate surface area is 89.4 Å². The largest absolute Gasteiger partial charge is 0.115 e. The minimum Gasteiger partial charge on any atom is -0.115 e. The molecule has 1 heteroatoms. The van der Waals surface area contributed by atoms with Crippen LogP contribution in [0.1, 0.15) is 25.0 Å². The van der Waals surface area contributed by atoms with Crippen LogP contribution < -0.4 is 0 Å². The van der Waals surface area contributed by atoms with Crippen molar-refractivity contribution in [2.45, 2.75) is 24.2 Å². The Morgan fingerprint density at radius 3 is 2.86 bits per heavy atom. The normalized spacial score (nSPS) is 17.2. The highest BCUT2D eigenvalue weighted by atomic mass is 32.2. The second kappa shape index (κ2) is 3.22. The van der Waals surface area contributed by atoms with Gasteiger partial charge in [0.05, 0.1) is 0 Å². The lowest BCUT2D eigenvalue weighted by molar-refractivity contribution is 0.652. The van der Waals surface area contributed by atoms with Crippen LogP contribution in [0.3, 0.4) is 0 Å². The van der Waals surface area contributed by atoms with Gasteiger partial charge in [-0.2, -0.15) is 0 Å². The van der Waals surface area contributed by atoms with Gasteiger partial charge in [0.1, 0.15) is 0 Å². The van der Waals surface area contributed by atoms with E-state index in [1.807, 2.05) is 6.07 Å². The predicted molar refractivity (Wildman–Crippen MR) is 62.4 cm³/mol. The molecule has 0 saturated carbocycles. The van der Waals surface area contributed by atoms with E-state index in [-0.39, 0.29) is 5.41 Å². The molecule has 1 heterocycles. The van der Waals surface area contributed by atoms with Crippen LogP contribution in [0, 0.1) is 12.3 Å². The van der Waals surface area contributed by atoms with Crippen molar-refractivity contribution in [3.63, 3.8) is 0 Å². The molecule has 70 valence electrons. The van der Waals surface area contributed by atoms with Crippen molar-refractivity contribution in [2.75, 3.05) is 0 Å². The Morgan fingerprint density at radius 1 is 1.36 bits per heavy atom. The molecule has 2 rings (SSSR count). The lowest BCUT2D eigenvalue weighted by atomic mass is 9.84. The number of fused-ring (bicyclic) bond motifs is 1. The van der Waals surface area contributed by atoms with E-state index in [4.69, 9.17) is 6.42 Å². The molecule has 1 aromatic carbocycles. The monoisotopic (exact) mass is 200 g/mol. The molecule has 0 aromatic heterocycles. The Balaban J connectivity index is 2.60. The van der Waals surface area contributed by atoms with Gasteiger partial charge in [-0.15, -0.1) is 6.42 Å². The van der Waals surface area contributed by atoms with E-state index in [9.17, 15) is 0 Å². The quantitative estimate of drug-likeness (QED) is 0.577. The van der Waals surface area contributed by atoms with Crippen LogP contribution >= 0.6 is 11.8 Å². The van der Waals surface area contributed by atoms with Gasteiger partial charge in [-0.1, -0.05) is 37.6 Å². The molecule has 0 fully saturated rings. The van der Waals surface area contributed by atoms with Crippen molar-refractivity contribution in [3.05, 3.63) is 40.8 Å². The molecule has 0 radical (unpaired) electrons. The molecule has 0 bridgehead atoms. The van der Waals surface area contributed by atoms with E-state index in [2.05, 4.69) is 43.4 Å². The van der Waals surface area contributed by atoms with Crippen molar-refractivity contribution >= 4 is 11.8 Å². The van der Waals surface area contributed by atoms with E-state index in [1.54, 1.807) is 11.8 Å². The molecule has 0 unspecified atom stereocenters. The van der Waals surface area contributed by atoms with Gasteiger partial charge < -0.3 is 0 Å². The third-order valence-electron chi connectivity index (χ3n) is 2.52. The third-order valence-corrected chi connectivity index (χ3v) is 3.40. The van der Waals surface area contributed by atoms with Crippen molar-refractivity contribution in [3.8, 4) is 12.3 Å². The molecule has 0 amide bonds. The van der Waals surface area contributed by atoms with E-state index < -0.39 is 0 Å². The zero-order valence-corrected chi connectivity index (χ0v) is 9.19. The first-order valence-corrected chi connectivity index (χ1v) is 5.47. The van der Waals surface area contributed by atoms with E-state index in [1.165, 1.54) is 10.5 Å². The van der Waals surface area contributed by atoms with E-state index in [0.717, 1.165) is 5.56 Å². The topological polar surface area (TPSA) is 0 Å². The average molecular weight is 200 g/mol. The highest BCUT2D eigenvalue weighted by molar-refractivity contribution is 8.02. The molecule has 0 saturated heterocycles. The SMILES string of the molecule is C#Cc1ccc2c(c1)C(C)(C)C=CS2. The van der Waals surface area contributed by atoms with Crippen molar-refractivity contribution in [1.29, 1.82) is 0 Å². The number of terminal acetylenes is 1. The van der Waals surface area contributed by atoms with Gasteiger partial charge in [0.2, 0.25) is 0 Å². The summed E-state index contributed by atoms with van der Waals surface area (Å²) in [6.45, 7) is 4.42. The maximum atomic E-state index is 5.40. The molecule has 0 aliphatic carbocycles. The fourth-order valence-electron chi connectivity index (χ4n) is 1.59. The fraction of sp³-hybridized carbons (Fsp3) is 0.231. The fourth-order valence-corrected chi connectivity index (χ4v) is 2.74. The Kier molecular flexibility index (Phi) is 2.17. The Bertz CT molecular complexity index is 433. The van der Waals surface area contributed by atoms with E-state index >= 15 is 0 Å². The van der Waals surface area contributed by atoms with Crippen LogP contribution in [-0.2, 0) is 5.41 Å². The summed E-state index contributed by atoms with van der Waals surface area (Å²) in [5.74, 6) is 2.68. The number of allylic oxidation sites excluding steroid dienone is 1. The summed E-state index contributed by atoms with van der Waals surface area (Å²) in [5.41, 5.74) is 2.40. The molecule has 14 heavy (non-hydrogen) atoms. The summed E-state index contributed by atoms with van der Waals surface area (Å²) in [4.78, 5) is 1.32. The third kappa shape index (κ3) is 1.47. The number of rotatable bonds is 0. The summed E-state index contributed by atoms with van der Waals surface area (Å²) < 4.78 is 0. The number of thioether (sulfide) groups is 1. The maximum absolute atomic E-state index is 5.40. The van der Waals surface area contributed by atoms with Gasteiger partial charge >= 0.3 is 0 Å². The molecule has 0 atom stereocenters. The van der Waals surface area contributed by atoms with Gasteiger partial charge in [-0.3, -0.25) is 0 Å². The first-order chi connectivity index (χ1) is 6.63. The zero-order valence-electron chi connectivity index (χ0n) is 8.37. The molecule has 0 spiro atoms. The molecular formula is C13H12S. The lowest BCUT2D eigenvalue weighted by Crippen LogP contribution is -2.16. The molecule has 0 N–H and O–H groups in total. The maximum Gasteiger partial charge on any atom is 0.0246 e. The van der Waals surface area contributed by atoms with Crippen LogP contribution in [0.25, 0.3) is 0 Å². The highest BCUT2D eigenvalue weighted by Gasteiger charge is 2.23. The van der Waals surface area contributed by atoms with Gasteiger partial charge in [-0.05, 0) is 29.2 Å². The number of hydrogen-bond acceptors (Lipinski definition) is 1. The summed E-state index contributed by atoms with van der Waals surface area (Å²) in [6.07, 6.45) is 7.62. The first kappa shape index (κ1) is 9.43. The summed E-state index contributed by atoms with van der Waals surface area (Å²) in [6, 6.07) is 6.23. The predicted octanol–water partition coefficient (Wildman–Crippen LogP) is 3.56. The van der Waals surface area contributed by atoms with Gasteiger partial charge in [0.25, 0.3) is 0 Å². The lowest BCUT2D eigenvalue weighted by Gasteiger charge is -2.27. The minimum atomic E-state index is 0.105. The standard InChI is InChI=1S/C13H12S/c1-4-10-5-6-12-11(9-10)13(2,3)7-8-14-12/h1,5-9H,2-3H3. The van der Waals surface area contributed by atoms with Crippen LogP contribution in [-0.4, -0.2) is 0 Å². The summed E-state index contributed by atoms with van der Waals surface area (Å²) in [7, 11) is 0. The number of benzene rings is 1. The van der Waals surface area contributed by atoms with Crippen LogP contribution in [0.5, 0.6) is 0 Å². The molecule has 1 aliphatic heterocycles. The zero-order chi connectivity index (χ0) is 10.2. The van der Waals surface area contributed by atoms with Crippen molar-refractivity contribution in [2.24, 2.45) is 0 Å². The molecule has 0 nitrogen and oxygen atoms in total. The summed E-state index contributed by atoms with van der Waals surface area (Å²) >= 11 is 1.76.